The van der Waals surface area contributed by atoms with E-state index in [1.165, 1.54) is 16.7 Å². The van der Waals surface area contributed by atoms with Crippen molar-refractivity contribution in [2.45, 2.75) is 33.6 Å². The van der Waals surface area contributed by atoms with Crippen LogP contribution < -0.4 is 0 Å². The second-order valence-electron chi connectivity index (χ2n) is 5.30. The molecule has 0 N–H and O–H groups in total. The van der Waals surface area contributed by atoms with Gasteiger partial charge < -0.3 is 0 Å². The van der Waals surface area contributed by atoms with Gasteiger partial charge in [0, 0.05) is 11.8 Å². The molecule has 0 aromatic heterocycles. The van der Waals surface area contributed by atoms with Crippen LogP contribution in [-0.2, 0) is 0 Å². The SMILES string of the molecule is C=CC1=CC=C2C=CC=C(C)C2C1/C(=C\CC)CC. The van der Waals surface area contributed by atoms with Crippen LogP contribution in [0.5, 0.6) is 0 Å². The predicted octanol–water partition coefficient (Wildman–Crippen LogP) is 5.53. The molecule has 0 heterocycles. The number of allylic oxidation sites excluding steroid dienone is 11. The Kier molecular flexibility index (Phi) is 4.42. The third-order valence-electron chi connectivity index (χ3n) is 4.17. The van der Waals surface area contributed by atoms with Gasteiger partial charge in [0.2, 0.25) is 0 Å². The summed E-state index contributed by atoms with van der Waals surface area (Å²) >= 11 is 0. The van der Waals surface area contributed by atoms with Crippen LogP contribution in [0.2, 0.25) is 0 Å². The molecule has 0 saturated carbocycles. The van der Waals surface area contributed by atoms with Crippen LogP contribution in [0.1, 0.15) is 33.6 Å². The van der Waals surface area contributed by atoms with Crippen LogP contribution in [0.15, 0.2) is 71.4 Å². The number of hydrogen-bond donors (Lipinski definition) is 0. The molecule has 0 radical (unpaired) electrons. The summed E-state index contributed by atoms with van der Waals surface area (Å²) in [4.78, 5) is 0. The second kappa shape index (κ2) is 6.06. The highest BCUT2D eigenvalue weighted by Crippen LogP contribution is 2.43. The summed E-state index contributed by atoms with van der Waals surface area (Å²) in [6, 6.07) is 0. The third-order valence-corrected chi connectivity index (χ3v) is 4.17. The minimum Gasteiger partial charge on any atom is -0.0988 e. The standard InChI is InChI=1S/C19H24/c1-5-9-15(6-2)19-16(7-3)12-13-17-11-8-10-14(4)18(17)19/h7-13,18-19H,3,5-6H2,1-2,4H3/b15-9-. The molecule has 19 heavy (non-hydrogen) atoms. The lowest BCUT2D eigenvalue weighted by Gasteiger charge is -2.36. The van der Waals surface area contributed by atoms with Crippen molar-refractivity contribution in [3.8, 4) is 0 Å². The summed E-state index contributed by atoms with van der Waals surface area (Å²) in [6.45, 7) is 10.7. The molecule has 0 aromatic carbocycles. The van der Waals surface area contributed by atoms with E-state index in [9.17, 15) is 0 Å². The average Bonchev–Trinajstić information content (AvgIpc) is 2.44. The zero-order valence-corrected chi connectivity index (χ0v) is 12.3. The molecule has 0 aliphatic heterocycles. The van der Waals surface area contributed by atoms with Gasteiger partial charge in [0.1, 0.15) is 0 Å². The van der Waals surface area contributed by atoms with E-state index in [4.69, 9.17) is 0 Å². The third kappa shape index (κ3) is 2.58. The summed E-state index contributed by atoms with van der Waals surface area (Å²) in [6.07, 6.45) is 17.8. The second-order valence-corrected chi connectivity index (χ2v) is 5.30. The lowest BCUT2D eigenvalue weighted by atomic mass is 9.68. The molecule has 0 bridgehead atoms. The minimum absolute atomic E-state index is 0.476. The number of rotatable bonds is 4. The predicted molar refractivity (Wildman–Crippen MR) is 84.9 cm³/mol. The van der Waals surface area contributed by atoms with E-state index < -0.39 is 0 Å². The van der Waals surface area contributed by atoms with Crippen LogP contribution in [0, 0.1) is 11.8 Å². The zero-order chi connectivity index (χ0) is 13.8. The minimum atomic E-state index is 0.476. The van der Waals surface area contributed by atoms with Crippen LogP contribution >= 0.6 is 0 Å². The molecule has 2 rings (SSSR count). The smallest absolute Gasteiger partial charge is 0.0155 e. The molecule has 0 aromatic rings. The van der Waals surface area contributed by atoms with Crippen molar-refractivity contribution in [2.24, 2.45) is 11.8 Å². The largest absolute Gasteiger partial charge is 0.0988 e. The highest BCUT2D eigenvalue weighted by atomic mass is 14.4. The zero-order valence-electron chi connectivity index (χ0n) is 12.3. The summed E-state index contributed by atoms with van der Waals surface area (Å²) in [5, 5.41) is 0. The van der Waals surface area contributed by atoms with E-state index in [0.29, 0.717) is 11.8 Å². The molecule has 100 valence electrons. The highest BCUT2D eigenvalue weighted by molar-refractivity contribution is 5.50. The highest BCUT2D eigenvalue weighted by Gasteiger charge is 2.32. The normalized spacial score (nSPS) is 26.3. The first-order valence-corrected chi connectivity index (χ1v) is 7.30. The van der Waals surface area contributed by atoms with Gasteiger partial charge in [0.05, 0.1) is 0 Å². The molecular weight excluding hydrogens is 228 g/mol. The molecule has 2 aliphatic rings. The lowest BCUT2D eigenvalue weighted by Crippen LogP contribution is -2.24. The van der Waals surface area contributed by atoms with Gasteiger partial charge in [-0.2, -0.15) is 0 Å². The Morgan fingerprint density at radius 3 is 2.68 bits per heavy atom. The Hall–Kier alpha value is -1.56. The fourth-order valence-corrected chi connectivity index (χ4v) is 3.26. The summed E-state index contributed by atoms with van der Waals surface area (Å²) in [5.74, 6) is 0.976. The van der Waals surface area contributed by atoms with E-state index >= 15 is 0 Å². The average molecular weight is 252 g/mol. The summed E-state index contributed by atoms with van der Waals surface area (Å²) in [7, 11) is 0. The van der Waals surface area contributed by atoms with Crippen molar-refractivity contribution in [1.82, 2.24) is 0 Å². The Morgan fingerprint density at radius 1 is 1.26 bits per heavy atom. The maximum atomic E-state index is 4.01. The Bertz CT molecular complexity index is 506. The fourth-order valence-electron chi connectivity index (χ4n) is 3.26. The van der Waals surface area contributed by atoms with Gasteiger partial charge in [0.15, 0.2) is 0 Å². The quantitative estimate of drug-likeness (QED) is 0.577. The summed E-state index contributed by atoms with van der Waals surface area (Å²) in [5.41, 5.74) is 5.80. The van der Waals surface area contributed by atoms with E-state index in [2.05, 4.69) is 63.8 Å². The number of fused-ring (bicyclic) bond motifs is 1. The van der Waals surface area contributed by atoms with Crippen molar-refractivity contribution in [3.63, 3.8) is 0 Å². The molecule has 0 heteroatoms. The van der Waals surface area contributed by atoms with Gasteiger partial charge in [-0.25, -0.2) is 0 Å². The Balaban J connectivity index is 2.49. The molecule has 2 atom stereocenters. The van der Waals surface area contributed by atoms with Crippen LogP contribution in [-0.4, -0.2) is 0 Å². The van der Waals surface area contributed by atoms with Crippen molar-refractivity contribution >= 4 is 0 Å². The fraction of sp³-hybridized carbons (Fsp3) is 0.368. The van der Waals surface area contributed by atoms with Gasteiger partial charge in [-0.1, -0.05) is 74.1 Å². The van der Waals surface area contributed by atoms with Crippen LogP contribution in [0.25, 0.3) is 0 Å². The Morgan fingerprint density at radius 2 is 2.05 bits per heavy atom. The van der Waals surface area contributed by atoms with Crippen LogP contribution in [0.3, 0.4) is 0 Å². The van der Waals surface area contributed by atoms with Crippen molar-refractivity contribution in [1.29, 1.82) is 0 Å². The van der Waals surface area contributed by atoms with Gasteiger partial charge in [-0.05, 0) is 30.9 Å². The maximum absolute atomic E-state index is 4.01. The molecule has 0 fully saturated rings. The number of hydrogen-bond acceptors (Lipinski definition) is 0. The topological polar surface area (TPSA) is 0 Å². The van der Waals surface area contributed by atoms with Crippen LogP contribution in [0.4, 0.5) is 0 Å². The molecule has 0 amide bonds. The molecule has 0 spiro atoms. The first-order valence-electron chi connectivity index (χ1n) is 7.30. The van der Waals surface area contributed by atoms with E-state index in [1.54, 1.807) is 5.57 Å². The first-order chi connectivity index (χ1) is 9.22. The first kappa shape index (κ1) is 13.9. The van der Waals surface area contributed by atoms with Crippen molar-refractivity contribution in [3.05, 3.63) is 71.4 Å². The maximum Gasteiger partial charge on any atom is 0.0155 e. The molecule has 0 saturated heterocycles. The molecule has 2 unspecified atom stereocenters. The summed E-state index contributed by atoms with van der Waals surface area (Å²) < 4.78 is 0. The molecule has 0 nitrogen and oxygen atoms in total. The van der Waals surface area contributed by atoms with E-state index in [-0.39, 0.29) is 0 Å². The van der Waals surface area contributed by atoms with Crippen molar-refractivity contribution in [2.75, 3.05) is 0 Å². The van der Waals surface area contributed by atoms with Gasteiger partial charge >= 0.3 is 0 Å². The van der Waals surface area contributed by atoms with Crippen molar-refractivity contribution < 1.29 is 0 Å². The van der Waals surface area contributed by atoms with E-state index in [1.807, 2.05) is 6.08 Å². The Labute approximate surface area is 117 Å². The molecule has 2 aliphatic carbocycles. The molecular formula is C19H24. The van der Waals surface area contributed by atoms with E-state index in [0.717, 1.165) is 12.8 Å². The van der Waals surface area contributed by atoms with Gasteiger partial charge in [-0.3, -0.25) is 0 Å². The van der Waals surface area contributed by atoms with Gasteiger partial charge in [-0.15, -0.1) is 0 Å². The lowest BCUT2D eigenvalue weighted by molar-refractivity contribution is 0.543. The van der Waals surface area contributed by atoms with Gasteiger partial charge in [0.25, 0.3) is 0 Å². The monoisotopic (exact) mass is 252 g/mol.